The van der Waals surface area contributed by atoms with E-state index in [2.05, 4.69) is 22.1 Å². The Morgan fingerprint density at radius 1 is 1.41 bits per heavy atom. The number of hydrogen-bond acceptors (Lipinski definition) is 4. The number of carbonyl (C=O) groups is 2. The number of hydrogen-bond donors (Lipinski definition) is 2. The molecule has 2 N–H and O–H groups in total. The van der Waals surface area contributed by atoms with Crippen LogP contribution in [0.2, 0.25) is 0 Å². The van der Waals surface area contributed by atoms with E-state index in [0.29, 0.717) is 19.5 Å². The number of amides is 2. The molecule has 0 radical (unpaired) electrons. The number of nitrogens with zero attached hydrogens (tertiary/aromatic N) is 1. The second-order valence-corrected chi connectivity index (χ2v) is 6.70. The van der Waals surface area contributed by atoms with Crippen molar-refractivity contribution in [3.63, 3.8) is 0 Å². The SMILES string of the molecule is CCN[C@H](C)CNC(=O)CCC(=O)N1CCc2sccc2C1. The van der Waals surface area contributed by atoms with Crippen LogP contribution in [0.15, 0.2) is 11.4 Å². The molecule has 0 saturated heterocycles. The Morgan fingerprint density at radius 2 is 2.23 bits per heavy atom. The summed E-state index contributed by atoms with van der Waals surface area (Å²) in [6.45, 7) is 7.01. The summed E-state index contributed by atoms with van der Waals surface area (Å²) < 4.78 is 0. The van der Waals surface area contributed by atoms with Crippen molar-refractivity contribution in [2.75, 3.05) is 19.6 Å². The minimum Gasteiger partial charge on any atom is -0.355 e. The van der Waals surface area contributed by atoms with Gasteiger partial charge in [-0.05, 0) is 36.9 Å². The molecule has 2 rings (SSSR count). The minimum absolute atomic E-state index is 0.0497. The van der Waals surface area contributed by atoms with Crippen LogP contribution in [0.1, 0.15) is 37.1 Å². The second-order valence-electron chi connectivity index (χ2n) is 5.70. The van der Waals surface area contributed by atoms with Crippen molar-refractivity contribution in [3.05, 3.63) is 21.9 Å². The lowest BCUT2D eigenvalue weighted by atomic mass is 10.1. The third kappa shape index (κ3) is 4.81. The molecular formula is C16H25N3O2S. The van der Waals surface area contributed by atoms with E-state index in [1.807, 2.05) is 18.7 Å². The normalized spacial score (nSPS) is 15.3. The zero-order chi connectivity index (χ0) is 15.9. The summed E-state index contributed by atoms with van der Waals surface area (Å²) in [4.78, 5) is 27.3. The van der Waals surface area contributed by atoms with E-state index in [1.54, 1.807) is 11.3 Å². The molecule has 0 bridgehead atoms. The molecule has 0 unspecified atom stereocenters. The first-order chi connectivity index (χ1) is 10.6. The molecule has 22 heavy (non-hydrogen) atoms. The van der Waals surface area contributed by atoms with Gasteiger partial charge in [0.2, 0.25) is 11.8 Å². The Bertz CT molecular complexity index is 515. The van der Waals surface area contributed by atoms with E-state index >= 15 is 0 Å². The largest absolute Gasteiger partial charge is 0.355 e. The van der Waals surface area contributed by atoms with E-state index in [4.69, 9.17) is 0 Å². The molecule has 5 nitrogen and oxygen atoms in total. The van der Waals surface area contributed by atoms with Crippen LogP contribution < -0.4 is 10.6 Å². The Labute approximate surface area is 136 Å². The van der Waals surface area contributed by atoms with Gasteiger partial charge in [-0.1, -0.05) is 6.92 Å². The first kappa shape index (κ1) is 17.0. The summed E-state index contributed by atoms with van der Waals surface area (Å²) >= 11 is 1.76. The fraction of sp³-hybridized carbons (Fsp3) is 0.625. The monoisotopic (exact) mass is 323 g/mol. The summed E-state index contributed by atoms with van der Waals surface area (Å²) in [6.07, 6.45) is 1.50. The third-order valence-electron chi connectivity index (χ3n) is 3.88. The summed E-state index contributed by atoms with van der Waals surface area (Å²) in [5.41, 5.74) is 1.26. The highest BCUT2D eigenvalue weighted by atomic mass is 32.1. The Kier molecular flexibility index (Phi) is 6.39. The topological polar surface area (TPSA) is 61.4 Å². The van der Waals surface area contributed by atoms with Crippen LogP contribution in [0.25, 0.3) is 0 Å². The van der Waals surface area contributed by atoms with Gasteiger partial charge in [0.1, 0.15) is 0 Å². The summed E-state index contributed by atoms with van der Waals surface area (Å²) in [5, 5.41) is 8.18. The fourth-order valence-electron chi connectivity index (χ4n) is 2.62. The highest BCUT2D eigenvalue weighted by molar-refractivity contribution is 7.10. The number of fused-ring (bicyclic) bond motifs is 1. The highest BCUT2D eigenvalue weighted by Gasteiger charge is 2.21. The molecule has 6 heteroatoms. The van der Waals surface area contributed by atoms with Gasteiger partial charge in [0.25, 0.3) is 0 Å². The quantitative estimate of drug-likeness (QED) is 0.800. The Balaban J connectivity index is 1.68. The zero-order valence-electron chi connectivity index (χ0n) is 13.4. The van der Waals surface area contributed by atoms with Crippen molar-refractivity contribution < 1.29 is 9.59 Å². The smallest absolute Gasteiger partial charge is 0.223 e. The molecule has 1 aromatic rings. The molecule has 2 amide bonds. The van der Waals surface area contributed by atoms with Crippen LogP contribution in [0.4, 0.5) is 0 Å². The molecule has 122 valence electrons. The molecule has 0 saturated carbocycles. The molecule has 0 aromatic carbocycles. The van der Waals surface area contributed by atoms with Crippen molar-refractivity contribution in [2.24, 2.45) is 0 Å². The minimum atomic E-state index is -0.0497. The number of nitrogens with one attached hydrogen (secondary N) is 2. The average Bonchev–Trinajstić information content (AvgIpc) is 2.98. The van der Waals surface area contributed by atoms with E-state index in [9.17, 15) is 9.59 Å². The Hall–Kier alpha value is -1.40. The maximum absolute atomic E-state index is 12.2. The van der Waals surface area contributed by atoms with Gasteiger partial charge in [-0.2, -0.15) is 0 Å². The van der Waals surface area contributed by atoms with Gasteiger partial charge in [0.05, 0.1) is 0 Å². The van der Waals surface area contributed by atoms with Gasteiger partial charge in [-0.3, -0.25) is 9.59 Å². The molecule has 0 spiro atoms. The van der Waals surface area contributed by atoms with Crippen LogP contribution in [-0.4, -0.2) is 42.4 Å². The summed E-state index contributed by atoms with van der Waals surface area (Å²) in [5.74, 6) is 0.0260. The van der Waals surface area contributed by atoms with E-state index in [0.717, 1.165) is 19.5 Å². The molecular weight excluding hydrogens is 298 g/mol. The van der Waals surface area contributed by atoms with E-state index in [1.165, 1.54) is 10.4 Å². The predicted octanol–water partition coefficient (Wildman–Crippen LogP) is 1.53. The van der Waals surface area contributed by atoms with Gasteiger partial charge in [-0.15, -0.1) is 11.3 Å². The van der Waals surface area contributed by atoms with Crippen molar-refractivity contribution in [2.45, 2.75) is 45.7 Å². The fourth-order valence-corrected chi connectivity index (χ4v) is 3.51. The lowest BCUT2D eigenvalue weighted by Crippen LogP contribution is -2.39. The van der Waals surface area contributed by atoms with E-state index < -0.39 is 0 Å². The van der Waals surface area contributed by atoms with Crippen molar-refractivity contribution in [3.8, 4) is 0 Å². The van der Waals surface area contributed by atoms with Crippen molar-refractivity contribution >= 4 is 23.2 Å². The first-order valence-electron chi connectivity index (χ1n) is 7.93. The molecule has 1 atom stereocenters. The molecule has 1 aliphatic rings. The van der Waals surface area contributed by atoms with Gasteiger partial charge >= 0.3 is 0 Å². The van der Waals surface area contributed by atoms with Gasteiger partial charge in [0.15, 0.2) is 0 Å². The van der Waals surface area contributed by atoms with Crippen LogP contribution in [0.5, 0.6) is 0 Å². The molecule has 0 fully saturated rings. The van der Waals surface area contributed by atoms with Gasteiger partial charge < -0.3 is 15.5 Å². The Morgan fingerprint density at radius 3 is 3.00 bits per heavy atom. The molecule has 1 aromatic heterocycles. The number of carbonyl (C=O) groups excluding carboxylic acids is 2. The first-order valence-corrected chi connectivity index (χ1v) is 8.81. The standard InChI is InChI=1S/C16H25N3O2S/c1-3-17-12(2)10-18-15(20)4-5-16(21)19-8-6-14-13(11-19)7-9-22-14/h7,9,12,17H,3-6,8,10-11H2,1-2H3,(H,18,20)/t12-/m1/s1. The average molecular weight is 323 g/mol. The van der Waals surface area contributed by atoms with Crippen molar-refractivity contribution in [1.82, 2.24) is 15.5 Å². The molecule has 1 aliphatic heterocycles. The maximum Gasteiger partial charge on any atom is 0.223 e. The maximum atomic E-state index is 12.2. The highest BCUT2D eigenvalue weighted by Crippen LogP contribution is 2.24. The summed E-state index contributed by atoms with van der Waals surface area (Å²) in [7, 11) is 0. The van der Waals surface area contributed by atoms with Crippen LogP contribution in [0, 0.1) is 0 Å². The third-order valence-corrected chi connectivity index (χ3v) is 4.91. The zero-order valence-corrected chi connectivity index (χ0v) is 14.2. The number of thiophene rings is 1. The van der Waals surface area contributed by atoms with E-state index in [-0.39, 0.29) is 24.3 Å². The lowest BCUT2D eigenvalue weighted by Gasteiger charge is -2.27. The predicted molar refractivity (Wildman–Crippen MR) is 88.8 cm³/mol. The number of likely N-dealkylation sites (N-methyl/N-ethyl adjacent to an activating group) is 1. The van der Waals surface area contributed by atoms with Crippen LogP contribution >= 0.6 is 11.3 Å². The van der Waals surface area contributed by atoms with Gasteiger partial charge in [-0.25, -0.2) is 0 Å². The molecule has 2 heterocycles. The van der Waals surface area contributed by atoms with Crippen molar-refractivity contribution in [1.29, 1.82) is 0 Å². The summed E-state index contributed by atoms with van der Waals surface area (Å²) in [6, 6.07) is 2.35. The second kappa shape index (κ2) is 8.29. The molecule has 0 aliphatic carbocycles. The number of rotatable bonds is 7. The lowest BCUT2D eigenvalue weighted by molar-refractivity contribution is -0.134. The van der Waals surface area contributed by atoms with Crippen LogP contribution in [0.3, 0.4) is 0 Å². The van der Waals surface area contributed by atoms with Gasteiger partial charge in [0, 0.05) is 43.4 Å². The van der Waals surface area contributed by atoms with Crippen LogP contribution in [-0.2, 0) is 22.6 Å².